The zero-order chi connectivity index (χ0) is 23.7. The average Bonchev–Trinajstić information content (AvgIpc) is 3.21. The minimum absolute atomic E-state index is 0.0381. The van der Waals surface area contributed by atoms with Gasteiger partial charge in [-0.05, 0) is 41.9 Å². The molecule has 2 aromatic carbocycles. The Bertz CT molecular complexity index is 1340. The summed E-state index contributed by atoms with van der Waals surface area (Å²) >= 11 is 7.29. The average molecular weight is 509 g/mol. The van der Waals surface area contributed by atoms with Gasteiger partial charge in [0.05, 0.1) is 27.0 Å². The molecule has 1 N–H and O–H groups in total. The van der Waals surface area contributed by atoms with E-state index in [1.165, 1.54) is 35.7 Å². The fraction of sp³-hybridized carbons (Fsp3) is 0.136. The minimum Gasteiger partial charge on any atom is -0.298 e. The number of benzene rings is 2. The fourth-order valence-electron chi connectivity index (χ4n) is 3.01. The number of rotatable bonds is 6. The van der Waals surface area contributed by atoms with Crippen LogP contribution >= 0.6 is 22.9 Å². The monoisotopic (exact) mass is 508 g/mol. The first kappa shape index (κ1) is 23.3. The highest BCUT2D eigenvalue weighted by Crippen LogP contribution is 2.40. The Morgan fingerprint density at radius 3 is 2.39 bits per heavy atom. The molecule has 4 aromatic rings. The van der Waals surface area contributed by atoms with Crippen molar-refractivity contribution in [2.45, 2.75) is 24.7 Å². The molecule has 2 aromatic heterocycles. The number of nitrogens with zero attached hydrogens (tertiary/aromatic N) is 3. The topological polar surface area (TPSA) is 67.8 Å². The van der Waals surface area contributed by atoms with Crippen LogP contribution in [0.25, 0.3) is 21.8 Å². The molecule has 0 amide bonds. The Morgan fingerprint density at radius 2 is 1.73 bits per heavy atom. The number of anilines is 1. The molecule has 5 nitrogen and oxygen atoms in total. The van der Waals surface area contributed by atoms with E-state index < -0.39 is 33.3 Å². The molecule has 170 valence electrons. The van der Waals surface area contributed by atoms with Gasteiger partial charge in [0.1, 0.15) is 16.5 Å². The summed E-state index contributed by atoms with van der Waals surface area (Å²) < 4.78 is 58.5. The lowest BCUT2D eigenvalue weighted by atomic mass is 10.1. The predicted octanol–water partition coefficient (Wildman–Crippen LogP) is 6.60. The molecule has 0 aliphatic rings. The predicted molar refractivity (Wildman–Crippen MR) is 124 cm³/mol. The lowest BCUT2D eigenvalue weighted by Crippen LogP contribution is -2.10. The first-order valence-corrected chi connectivity index (χ1v) is 12.0. The van der Waals surface area contributed by atoms with Gasteiger partial charge in [-0.15, -0.1) is 11.3 Å². The van der Waals surface area contributed by atoms with E-state index in [9.17, 15) is 13.0 Å². The molecule has 0 radical (unpaired) electrons. The van der Waals surface area contributed by atoms with Crippen molar-refractivity contribution in [2.75, 3.05) is 4.72 Å². The molecule has 0 saturated carbocycles. The third-order valence-corrected chi connectivity index (χ3v) is 7.28. The lowest BCUT2D eigenvalue weighted by molar-refractivity contribution is 0.535. The molecule has 2 heterocycles. The molecule has 0 aliphatic carbocycles. The van der Waals surface area contributed by atoms with E-state index in [0.29, 0.717) is 16.3 Å². The van der Waals surface area contributed by atoms with E-state index in [-0.39, 0.29) is 22.5 Å². The second kappa shape index (κ2) is 9.58. The summed E-state index contributed by atoms with van der Waals surface area (Å²) in [6.45, 7) is 3.92. The second-order valence-electron chi connectivity index (χ2n) is 7.18. The second-order valence-corrected chi connectivity index (χ2v) is 9.70. The van der Waals surface area contributed by atoms with Gasteiger partial charge in [0.25, 0.3) is 0 Å². The van der Waals surface area contributed by atoms with Gasteiger partial charge in [0.15, 0.2) is 16.8 Å². The highest BCUT2D eigenvalue weighted by molar-refractivity contribution is 7.86. The number of thiazole rings is 1. The van der Waals surface area contributed by atoms with E-state index in [1.54, 1.807) is 6.07 Å². The van der Waals surface area contributed by atoms with Gasteiger partial charge in [0, 0.05) is 17.7 Å². The highest BCUT2D eigenvalue weighted by Gasteiger charge is 2.23. The smallest absolute Gasteiger partial charge is 0.222 e. The van der Waals surface area contributed by atoms with Crippen LogP contribution in [0.3, 0.4) is 0 Å². The summed E-state index contributed by atoms with van der Waals surface area (Å²) in [5.74, 6) is -2.70. The molecular weight excluding hydrogens is 493 g/mol. The number of aromatic nitrogens is 3. The van der Waals surface area contributed by atoms with Crippen molar-refractivity contribution in [1.29, 1.82) is 0 Å². The van der Waals surface area contributed by atoms with Gasteiger partial charge in [-0.1, -0.05) is 26.0 Å². The molecular formula is C22H16ClF3N4OS2. The van der Waals surface area contributed by atoms with Crippen molar-refractivity contribution in [3.63, 3.8) is 0 Å². The molecule has 0 saturated heterocycles. The Labute approximate surface area is 199 Å². The van der Waals surface area contributed by atoms with Crippen LogP contribution in [0.1, 0.15) is 24.8 Å². The number of hydrogen-bond acceptors (Lipinski definition) is 5. The molecule has 33 heavy (non-hydrogen) atoms. The number of hydrogen-bond donors (Lipinski definition) is 1. The fourth-order valence-corrected chi connectivity index (χ4v) is 5.15. The summed E-state index contributed by atoms with van der Waals surface area (Å²) in [6.07, 6.45) is 1.49. The van der Waals surface area contributed by atoms with Crippen molar-refractivity contribution in [1.82, 2.24) is 15.0 Å². The SMILES string of the molecule is CC(C)c1nc(-c2cccc(NS(=O)c3c(F)cccc3F)c2F)c(-c2ccnc(Cl)n2)s1. The Kier molecular flexibility index (Phi) is 6.78. The van der Waals surface area contributed by atoms with Crippen LogP contribution in [-0.4, -0.2) is 19.2 Å². The molecule has 1 unspecified atom stereocenters. The summed E-state index contributed by atoms with van der Waals surface area (Å²) in [5, 5.41) is 0.792. The maximum atomic E-state index is 15.5. The third kappa shape index (κ3) is 4.78. The summed E-state index contributed by atoms with van der Waals surface area (Å²) in [6, 6.07) is 9.12. The molecule has 0 bridgehead atoms. The van der Waals surface area contributed by atoms with Crippen LogP contribution in [0.2, 0.25) is 5.28 Å². The normalized spacial score (nSPS) is 12.2. The zero-order valence-corrected chi connectivity index (χ0v) is 19.7. The Morgan fingerprint density at radius 1 is 1.03 bits per heavy atom. The van der Waals surface area contributed by atoms with Gasteiger partial charge in [-0.25, -0.2) is 32.3 Å². The highest BCUT2D eigenvalue weighted by atomic mass is 35.5. The van der Waals surface area contributed by atoms with Gasteiger partial charge in [-0.2, -0.15) is 0 Å². The van der Waals surface area contributed by atoms with Crippen LogP contribution < -0.4 is 4.72 Å². The van der Waals surface area contributed by atoms with Gasteiger partial charge < -0.3 is 0 Å². The Balaban J connectivity index is 1.79. The van der Waals surface area contributed by atoms with E-state index in [1.807, 2.05) is 13.8 Å². The van der Waals surface area contributed by atoms with Gasteiger partial charge in [-0.3, -0.25) is 4.72 Å². The van der Waals surface area contributed by atoms with Crippen LogP contribution in [-0.2, 0) is 11.0 Å². The Hall–Kier alpha value is -2.82. The standard InChI is InChI=1S/C22H16ClF3N4OS2/c1-11(2)21-29-18(19(32-21)16-9-10-27-22(23)28-16)12-5-3-8-15(17(12)26)30-33(31)20-13(24)6-4-7-14(20)25/h3-11,30H,1-2H3. The minimum atomic E-state index is -2.37. The van der Waals surface area contributed by atoms with E-state index in [4.69, 9.17) is 11.6 Å². The maximum Gasteiger partial charge on any atom is 0.222 e. The van der Waals surface area contributed by atoms with E-state index in [0.717, 1.165) is 23.2 Å². The number of halogens is 4. The molecule has 0 fully saturated rings. The van der Waals surface area contributed by atoms with Crippen LogP contribution in [0.4, 0.5) is 18.9 Å². The molecule has 1 atom stereocenters. The van der Waals surface area contributed by atoms with Crippen LogP contribution in [0, 0.1) is 17.5 Å². The lowest BCUT2D eigenvalue weighted by Gasteiger charge is -2.11. The van der Waals surface area contributed by atoms with Crippen molar-refractivity contribution >= 4 is 39.6 Å². The van der Waals surface area contributed by atoms with Gasteiger partial charge >= 0.3 is 0 Å². The maximum absolute atomic E-state index is 15.5. The third-order valence-electron chi connectivity index (χ3n) is 4.56. The zero-order valence-electron chi connectivity index (χ0n) is 17.3. The van der Waals surface area contributed by atoms with E-state index >= 15 is 4.39 Å². The summed E-state index contributed by atoms with van der Waals surface area (Å²) in [4.78, 5) is 12.6. The van der Waals surface area contributed by atoms with Crippen molar-refractivity contribution in [3.05, 3.63) is 76.4 Å². The molecule has 0 aliphatic heterocycles. The molecule has 0 spiro atoms. The van der Waals surface area contributed by atoms with E-state index in [2.05, 4.69) is 19.7 Å². The summed E-state index contributed by atoms with van der Waals surface area (Å²) in [7, 11) is -2.37. The molecule has 4 rings (SSSR count). The van der Waals surface area contributed by atoms with Gasteiger partial charge in [0.2, 0.25) is 5.28 Å². The van der Waals surface area contributed by atoms with Crippen molar-refractivity contribution < 1.29 is 17.4 Å². The first-order chi connectivity index (χ1) is 15.8. The van der Waals surface area contributed by atoms with Crippen LogP contribution in [0.15, 0.2) is 53.6 Å². The quantitative estimate of drug-likeness (QED) is 0.298. The molecule has 11 heteroatoms. The number of nitrogens with one attached hydrogen (secondary N) is 1. The largest absolute Gasteiger partial charge is 0.298 e. The first-order valence-electron chi connectivity index (χ1n) is 9.67. The summed E-state index contributed by atoms with van der Waals surface area (Å²) in [5.41, 5.74) is 0.713. The van der Waals surface area contributed by atoms with Crippen LogP contribution in [0.5, 0.6) is 0 Å². The van der Waals surface area contributed by atoms with Crippen molar-refractivity contribution in [3.8, 4) is 21.8 Å². The van der Waals surface area contributed by atoms with Crippen molar-refractivity contribution in [2.24, 2.45) is 0 Å².